The third-order valence-corrected chi connectivity index (χ3v) is 9.56. The molecule has 0 aromatic rings. The van der Waals surface area contributed by atoms with Crippen molar-refractivity contribution in [3.05, 3.63) is 36.0 Å². The van der Waals surface area contributed by atoms with Crippen LogP contribution in [0, 0.1) is 40.4 Å². The maximum atomic E-state index is 10.4. The van der Waals surface area contributed by atoms with Gasteiger partial charge in [0.05, 0.1) is 12.2 Å². The molecule has 2 saturated carbocycles. The number of aliphatic hydroxyl groups is 3. The maximum absolute atomic E-state index is 10.4. The Hall–Kier alpha value is -1.34. The van der Waals surface area contributed by atoms with E-state index in [-0.39, 0.29) is 10.8 Å². The molecule has 0 radical (unpaired) electrons. The quantitative estimate of drug-likeness (QED) is 0.351. The Balaban J connectivity index is 2.03. The van der Waals surface area contributed by atoms with E-state index in [0.717, 1.165) is 24.0 Å². The zero-order valence-electron chi connectivity index (χ0n) is 22.8. The highest BCUT2D eigenvalue weighted by Crippen LogP contribution is 2.61. The predicted molar refractivity (Wildman–Crippen MR) is 143 cm³/mol. The lowest BCUT2D eigenvalue weighted by Gasteiger charge is -2.46. The highest BCUT2D eigenvalue weighted by molar-refractivity contribution is 5.37. The van der Waals surface area contributed by atoms with E-state index < -0.39 is 17.8 Å². The minimum atomic E-state index is -0.834. The van der Waals surface area contributed by atoms with E-state index in [1.54, 1.807) is 0 Å². The van der Waals surface area contributed by atoms with Gasteiger partial charge in [-0.15, -0.1) is 0 Å². The molecule has 2 fully saturated rings. The number of rotatable bonds is 8. The Kier molecular flexibility index (Phi) is 9.85. The van der Waals surface area contributed by atoms with Crippen LogP contribution >= 0.6 is 0 Å². The summed E-state index contributed by atoms with van der Waals surface area (Å²) < 4.78 is 0. The van der Waals surface area contributed by atoms with E-state index in [1.807, 2.05) is 19.9 Å². The van der Waals surface area contributed by atoms with Crippen molar-refractivity contribution >= 4 is 0 Å². The van der Waals surface area contributed by atoms with E-state index in [0.29, 0.717) is 43.4 Å². The van der Waals surface area contributed by atoms with Crippen LogP contribution in [0.25, 0.3) is 0 Å². The Labute approximate surface area is 209 Å². The summed E-state index contributed by atoms with van der Waals surface area (Å²) in [6.45, 7) is 20.0. The largest absolute Gasteiger partial charge is 0.393 e. The molecule has 3 N–H and O–H groups in total. The molecule has 0 saturated heterocycles. The standard InChI is InChI=1S/C31H50O3/c1-9-31(34,10-2)17-12-13-22(3)19-23(4)30(8)18-16-26(29(30,6)7)15-11-14-25-20-27(32)21-28(33)24(25)5/h11,14-15,22-23,26-28,32-34H,5,9-10,13,16,18-21H2,1-4,6-8H3/b15-11+,25-14-/t22?,23-,26-,27-,28+,30-/m1/s1. The summed E-state index contributed by atoms with van der Waals surface area (Å²) in [7, 11) is 0. The summed E-state index contributed by atoms with van der Waals surface area (Å²) in [6.07, 6.45) is 12.0. The molecule has 0 spiro atoms. The Morgan fingerprint density at radius 1 is 1.18 bits per heavy atom. The number of hydrogen-bond donors (Lipinski definition) is 3. The molecule has 2 aliphatic rings. The van der Waals surface area contributed by atoms with Crippen LogP contribution in [-0.2, 0) is 0 Å². The zero-order valence-corrected chi connectivity index (χ0v) is 22.8. The lowest BCUT2D eigenvalue weighted by Crippen LogP contribution is -2.39. The van der Waals surface area contributed by atoms with Gasteiger partial charge in [0.15, 0.2) is 0 Å². The van der Waals surface area contributed by atoms with Crippen LogP contribution in [0.4, 0.5) is 0 Å². The third-order valence-electron chi connectivity index (χ3n) is 9.56. The lowest BCUT2D eigenvalue weighted by atomic mass is 9.58. The average molecular weight is 471 g/mol. The van der Waals surface area contributed by atoms with Gasteiger partial charge in [-0.2, -0.15) is 0 Å². The smallest absolute Gasteiger partial charge is 0.125 e. The monoisotopic (exact) mass is 470 g/mol. The zero-order chi connectivity index (χ0) is 25.7. The van der Waals surface area contributed by atoms with Crippen LogP contribution in [0.2, 0.25) is 0 Å². The fraction of sp³-hybridized carbons (Fsp3) is 0.742. The van der Waals surface area contributed by atoms with Crippen molar-refractivity contribution in [3.63, 3.8) is 0 Å². The van der Waals surface area contributed by atoms with Crippen molar-refractivity contribution in [1.29, 1.82) is 0 Å². The SMILES string of the molecule is C=C1/C(=C\C=C\[C@@H]2CC[C@](C)([C@H](C)CC(C)CC#CC(O)(CC)CC)C2(C)C)C[C@@H](O)C[C@@H]1O. The number of allylic oxidation sites excluding steroid dienone is 3. The first kappa shape index (κ1) is 28.9. The van der Waals surface area contributed by atoms with Gasteiger partial charge in [-0.1, -0.05) is 85.1 Å². The number of aliphatic hydroxyl groups excluding tert-OH is 2. The van der Waals surface area contributed by atoms with Gasteiger partial charge < -0.3 is 15.3 Å². The van der Waals surface area contributed by atoms with Gasteiger partial charge in [0.1, 0.15) is 5.60 Å². The summed E-state index contributed by atoms with van der Waals surface area (Å²) >= 11 is 0. The van der Waals surface area contributed by atoms with E-state index in [9.17, 15) is 15.3 Å². The summed E-state index contributed by atoms with van der Waals surface area (Å²) in [5.74, 6) is 7.96. The molecule has 0 aromatic heterocycles. The van der Waals surface area contributed by atoms with E-state index in [1.165, 1.54) is 12.8 Å². The van der Waals surface area contributed by atoms with Gasteiger partial charge in [0.25, 0.3) is 0 Å². The summed E-state index contributed by atoms with van der Waals surface area (Å²) in [4.78, 5) is 0. The van der Waals surface area contributed by atoms with Gasteiger partial charge >= 0.3 is 0 Å². The fourth-order valence-electron chi connectivity index (χ4n) is 6.11. The Morgan fingerprint density at radius 2 is 1.82 bits per heavy atom. The van der Waals surface area contributed by atoms with Gasteiger partial charge in [-0.3, -0.25) is 0 Å². The van der Waals surface area contributed by atoms with Gasteiger partial charge in [0, 0.05) is 12.8 Å². The first-order valence-corrected chi connectivity index (χ1v) is 13.4. The van der Waals surface area contributed by atoms with E-state index >= 15 is 0 Å². The fourth-order valence-corrected chi connectivity index (χ4v) is 6.11. The van der Waals surface area contributed by atoms with Crippen LogP contribution in [0.1, 0.15) is 99.8 Å². The first-order chi connectivity index (χ1) is 15.8. The Morgan fingerprint density at radius 3 is 2.44 bits per heavy atom. The molecule has 0 amide bonds. The van der Waals surface area contributed by atoms with Gasteiger partial charge in [-0.25, -0.2) is 0 Å². The van der Waals surface area contributed by atoms with Crippen molar-refractivity contribution in [2.45, 2.75) is 118 Å². The molecule has 192 valence electrons. The molecule has 6 atom stereocenters. The second-order valence-corrected chi connectivity index (χ2v) is 12.0. The molecular weight excluding hydrogens is 420 g/mol. The second-order valence-electron chi connectivity index (χ2n) is 12.0. The molecule has 2 rings (SSSR count). The normalized spacial score (nSPS) is 32.6. The van der Waals surface area contributed by atoms with Crippen molar-refractivity contribution < 1.29 is 15.3 Å². The molecule has 1 unspecified atom stereocenters. The van der Waals surface area contributed by atoms with Gasteiger partial charge in [-0.05, 0) is 78.3 Å². The van der Waals surface area contributed by atoms with Crippen molar-refractivity contribution in [2.24, 2.45) is 28.6 Å². The Bertz CT molecular complexity index is 819. The molecule has 2 aliphatic carbocycles. The van der Waals surface area contributed by atoms with Crippen molar-refractivity contribution in [1.82, 2.24) is 0 Å². The maximum Gasteiger partial charge on any atom is 0.125 e. The van der Waals surface area contributed by atoms with Crippen LogP contribution < -0.4 is 0 Å². The molecule has 3 nitrogen and oxygen atoms in total. The van der Waals surface area contributed by atoms with Gasteiger partial charge in [0.2, 0.25) is 0 Å². The van der Waals surface area contributed by atoms with Crippen LogP contribution in [0.15, 0.2) is 36.0 Å². The topological polar surface area (TPSA) is 60.7 Å². The number of hydrogen-bond acceptors (Lipinski definition) is 3. The van der Waals surface area contributed by atoms with Crippen molar-refractivity contribution in [2.75, 3.05) is 0 Å². The molecule has 0 heterocycles. The summed E-state index contributed by atoms with van der Waals surface area (Å²) in [5.41, 5.74) is 1.28. The van der Waals surface area contributed by atoms with E-state index in [2.05, 4.69) is 65.2 Å². The second kappa shape index (κ2) is 11.6. The third kappa shape index (κ3) is 6.45. The first-order valence-electron chi connectivity index (χ1n) is 13.4. The van der Waals surface area contributed by atoms with Crippen LogP contribution in [0.5, 0.6) is 0 Å². The minimum absolute atomic E-state index is 0.167. The predicted octanol–water partition coefficient (Wildman–Crippen LogP) is 6.59. The van der Waals surface area contributed by atoms with E-state index in [4.69, 9.17) is 0 Å². The van der Waals surface area contributed by atoms with Crippen LogP contribution in [-0.4, -0.2) is 33.1 Å². The molecule has 34 heavy (non-hydrogen) atoms. The average Bonchev–Trinajstić information content (AvgIpc) is 3.01. The molecular formula is C31H50O3. The summed E-state index contributed by atoms with van der Waals surface area (Å²) in [6, 6.07) is 0. The van der Waals surface area contributed by atoms with Crippen molar-refractivity contribution in [3.8, 4) is 11.8 Å². The highest BCUT2D eigenvalue weighted by atomic mass is 16.3. The molecule has 0 bridgehead atoms. The minimum Gasteiger partial charge on any atom is -0.393 e. The van der Waals surface area contributed by atoms with Crippen LogP contribution in [0.3, 0.4) is 0 Å². The lowest BCUT2D eigenvalue weighted by molar-refractivity contribution is 0.0346. The summed E-state index contributed by atoms with van der Waals surface area (Å²) in [5, 5.41) is 30.5. The highest BCUT2D eigenvalue weighted by Gasteiger charge is 2.52. The molecule has 0 aromatic carbocycles. The molecule has 0 aliphatic heterocycles. The molecule has 3 heteroatoms.